The van der Waals surface area contributed by atoms with Gasteiger partial charge in [0.05, 0.1) is 18.5 Å². The lowest BCUT2D eigenvalue weighted by atomic mass is 9.98. The molecule has 0 saturated carbocycles. The van der Waals surface area contributed by atoms with Gasteiger partial charge in [0.15, 0.2) is 0 Å². The van der Waals surface area contributed by atoms with Crippen LogP contribution in [0.15, 0.2) is 36.5 Å². The van der Waals surface area contributed by atoms with Gasteiger partial charge in [0.1, 0.15) is 11.5 Å². The number of fused-ring (bicyclic) bond motifs is 1. The van der Waals surface area contributed by atoms with Gasteiger partial charge in [0, 0.05) is 30.9 Å². The molecule has 0 saturated heterocycles. The fraction of sp³-hybridized carbons (Fsp3) is 0.316. The molecule has 1 amide bonds. The molecule has 1 aliphatic rings. The second-order valence-electron chi connectivity index (χ2n) is 6.29. The van der Waals surface area contributed by atoms with E-state index in [1.165, 1.54) is 24.3 Å². The molecule has 0 aliphatic carbocycles. The highest BCUT2D eigenvalue weighted by Gasteiger charge is 2.27. The van der Waals surface area contributed by atoms with Crippen LogP contribution in [0.2, 0.25) is 0 Å². The van der Waals surface area contributed by atoms with E-state index in [1.807, 2.05) is 0 Å². The van der Waals surface area contributed by atoms with Crippen LogP contribution < -0.4 is 10.2 Å². The Balaban J connectivity index is 1.99. The number of nitro groups is 1. The van der Waals surface area contributed by atoms with Crippen LogP contribution in [0.1, 0.15) is 28.8 Å². The fourth-order valence-electron chi connectivity index (χ4n) is 3.14. The van der Waals surface area contributed by atoms with Crippen LogP contribution in [0.3, 0.4) is 0 Å². The molecule has 1 N–H and O–H groups in total. The molecular formula is C19H20N4O5. The van der Waals surface area contributed by atoms with Crippen molar-refractivity contribution in [3.8, 4) is 0 Å². The average Bonchev–Trinajstić information content (AvgIpc) is 2.73. The highest BCUT2D eigenvalue weighted by molar-refractivity contribution is 6.07. The topological polar surface area (TPSA) is 115 Å². The number of aryl methyl sites for hydroxylation is 1. The van der Waals surface area contributed by atoms with E-state index < -0.39 is 16.8 Å². The maximum absolute atomic E-state index is 13.2. The molecule has 0 bridgehead atoms. The molecule has 9 nitrogen and oxygen atoms in total. The number of pyridine rings is 1. The highest BCUT2D eigenvalue weighted by atomic mass is 16.6. The smallest absolute Gasteiger partial charge is 0.307 e. The minimum absolute atomic E-state index is 0.0204. The number of ether oxygens (including phenoxy) is 1. The fourth-order valence-corrected chi connectivity index (χ4v) is 3.14. The number of hydrogen-bond donors (Lipinski definition) is 1. The summed E-state index contributed by atoms with van der Waals surface area (Å²) in [7, 11) is 1.27. The monoisotopic (exact) mass is 384 g/mol. The first-order chi connectivity index (χ1) is 13.5. The first-order valence-corrected chi connectivity index (χ1v) is 8.86. The molecule has 1 aromatic heterocycles. The first-order valence-electron chi connectivity index (χ1n) is 8.86. The zero-order chi connectivity index (χ0) is 20.1. The molecule has 9 heteroatoms. The number of methoxy groups -OCH3 is 1. The van der Waals surface area contributed by atoms with Crippen LogP contribution in [-0.2, 0) is 16.0 Å². The SMILES string of the molecule is COC(=O)CCN(C(=O)c1cc2c(c([N+](=O)[O-])c1)NCCC2)c1ccccn1. The number of hydrogen-bond acceptors (Lipinski definition) is 7. The predicted octanol–water partition coefficient (Wildman–Crippen LogP) is 2.56. The molecular weight excluding hydrogens is 364 g/mol. The highest BCUT2D eigenvalue weighted by Crippen LogP contribution is 2.34. The Kier molecular flexibility index (Phi) is 5.83. The number of rotatable bonds is 6. The van der Waals surface area contributed by atoms with E-state index in [0.717, 1.165) is 12.0 Å². The third-order valence-electron chi connectivity index (χ3n) is 4.51. The zero-order valence-electron chi connectivity index (χ0n) is 15.4. The minimum Gasteiger partial charge on any atom is -0.469 e. The van der Waals surface area contributed by atoms with Crippen molar-refractivity contribution in [2.75, 3.05) is 30.4 Å². The first kappa shape index (κ1) is 19.3. The maximum atomic E-state index is 13.2. The van der Waals surface area contributed by atoms with Crippen molar-refractivity contribution in [1.82, 2.24) is 4.98 Å². The van der Waals surface area contributed by atoms with E-state index in [-0.39, 0.29) is 24.2 Å². The molecule has 146 valence electrons. The summed E-state index contributed by atoms with van der Waals surface area (Å²) < 4.78 is 4.65. The summed E-state index contributed by atoms with van der Waals surface area (Å²) in [5.74, 6) is -0.566. The Morgan fingerprint density at radius 3 is 2.86 bits per heavy atom. The molecule has 0 spiro atoms. The average molecular weight is 384 g/mol. The van der Waals surface area contributed by atoms with Gasteiger partial charge in [-0.1, -0.05) is 6.07 Å². The largest absolute Gasteiger partial charge is 0.469 e. The normalized spacial score (nSPS) is 12.5. The van der Waals surface area contributed by atoms with Gasteiger partial charge in [-0.05, 0) is 36.6 Å². The number of esters is 1. The van der Waals surface area contributed by atoms with Gasteiger partial charge in [0.2, 0.25) is 0 Å². The molecule has 2 heterocycles. The van der Waals surface area contributed by atoms with Gasteiger partial charge >= 0.3 is 5.97 Å². The van der Waals surface area contributed by atoms with Gasteiger partial charge in [-0.3, -0.25) is 24.6 Å². The van der Waals surface area contributed by atoms with E-state index in [1.54, 1.807) is 24.3 Å². The third-order valence-corrected chi connectivity index (χ3v) is 4.51. The number of amides is 1. The Hall–Kier alpha value is -3.49. The second kappa shape index (κ2) is 8.47. The lowest BCUT2D eigenvalue weighted by Gasteiger charge is -2.23. The molecule has 0 fully saturated rings. The van der Waals surface area contributed by atoms with Crippen LogP contribution in [0.5, 0.6) is 0 Å². The molecule has 0 atom stereocenters. The Morgan fingerprint density at radius 1 is 1.36 bits per heavy atom. The van der Waals surface area contributed by atoms with Crippen LogP contribution in [0.4, 0.5) is 17.2 Å². The number of nitrogens with zero attached hydrogens (tertiary/aromatic N) is 3. The minimum atomic E-state index is -0.493. The van der Waals surface area contributed by atoms with Crippen molar-refractivity contribution >= 4 is 29.1 Å². The summed E-state index contributed by atoms with van der Waals surface area (Å²) in [6, 6.07) is 8.02. The number of aromatic nitrogens is 1. The molecule has 0 unspecified atom stereocenters. The molecule has 2 aromatic rings. The van der Waals surface area contributed by atoms with Crippen molar-refractivity contribution in [2.24, 2.45) is 0 Å². The summed E-state index contributed by atoms with van der Waals surface area (Å²) in [6.45, 7) is 0.700. The second-order valence-corrected chi connectivity index (χ2v) is 6.29. The lowest BCUT2D eigenvalue weighted by molar-refractivity contribution is -0.384. The Labute approximate surface area is 161 Å². The number of carbonyl (C=O) groups is 2. The van der Waals surface area contributed by atoms with Crippen LogP contribution in [0.25, 0.3) is 0 Å². The number of anilines is 2. The van der Waals surface area contributed by atoms with Gasteiger partial charge in [-0.25, -0.2) is 4.98 Å². The Bertz CT molecular complexity index is 901. The summed E-state index contributed by atoms with van der Waals surface area (Å²) in [5, 5.41) is 14.6. The van der Waals surface area contributed by atoms with E-state index >= 15 is 0 Å². The van der Waals surface area contributed by atoms with Crippen LogP contribution >= 0.6 is 0 Å². The molecule has 1 aromatic carbocycles. The van der Waals surface area contributed by atoms with Crippen molar-refractivity contribution in [2.45, 2.75) is 19.3 Å². The summed E-state index contributed by atoms with van der Waals surface area (Å²) >= 11 is 0. The molecule has 0 radical (unpaired) electrons. The zero-order valence-corrected chi connectivity index (χ0v) is 15.4. The Morgan fingerprint density at radius 2 is 2.18 bits per heavy atom. The van der Waals surface area contributed by atoms with E-state index in [0.29, 0.717) is 24.5 Å². The standard InChI is InChI=1S/C19H20N4O5/c1-28-17(24)7-10-22(16-6-2-3-8-20-16)19(25)14-11-13-5-4-9-21-18(13)15(12-14)23(26)27/h2-3,6,8,11-12,21H,4-5,7,9-10H2,1H3. The molecule has 28 heavy (non-hydrogen) atoms. The summed E-state index contributed by atoms with van der Waals surface area (Å²) in [6.07, 6.45) is 2.99. The van der Waals surface area contributed by atoms with E-state index in [2.05, 4.69) is 15.0 Å². The van der Waals surface area contributed by atoms with Crippen molar-refractivity contribution in [3.05, 3.63) is 57.8 Å². The van der Waals surface area contributed by atoms with Gasteiger partial charge in [-0.15, -0.1) is 0 Å². The van der Waals surface area contributed by atoms with Gasteiger partial charge < -0.3 is 10.1 Å². The number of benzene rings is 1. The number of nitrogens with one attached hydrogen (secondary N) is 1. The number of nitro benzene ring substituents is 1. The van der Waals surface area contributed by atoms with E-state index in [4.69, 9.17) is 0 Å². The molecule has 1 aliphatic heterocycles. The number of carbonyl (C=O) groups excluding carboxylic acids is 2. The van der Waals surface area contributed by atoms with Crippen LogP contribution in [0, 0.1) is 10.1 Å². The van der Waals surface area contributed by atoms with E-state index in [9.17, 15) is 19.7 Å². The predicted molar refractivity (Wildman–Crippen MR) is 102 cm³/mol. The quantitative estimate of drug-likeness (QED) is 0.462. The van der Waals surface area contributed by atoms with Gasteiger partial charge in [0.25, 0.3) is 11.6 Å². The maximum Gasteiger partial charge on any atom is 0.307 e. The van der Waals surface area contributed by atoms with Crippen molar-refractivity contribution in [1.29, 1.82) is 0 Å². The summed E-state index contributed by atoms with van der Waals surface area (Å²) in [5.41, 5.74) is 1.25. The van der Waals surface area contributed by atoms with Crippen molar-refractivity contribution < 1.29 is 19.2 Å². The third kappa shape index (κ3) is 4.08. The molecule has 3 rings (SSSR count). The van der Waals surface area contributed by atoms with Gasteiger partial charge in [-0.2, -0.15) is 0 Å². The van der Waals surface area contributed by atoms with Crippen molar-refractivity contribution in [3.63, 3.8) is 0 Å². The van der Waals surface area contributed by atoms with Crippen LogP contribution in [-0.4, -0.2) is 42.0 Å². The summed E-state index contributed by atoms with van der Waals surface area (Å²) in [4.78, 5) is 41.3. The lowest BCUT2D eigenvalue weighted by Crippen LogP contribution is -2.34.